The molecule has 1 heterocycles. The molecule has 2 aliphatic rings. The van der Waals surface area contributed by atoms with Crippen LogP contribution in [0.1, 0.15) is 43.4 Å². The third-order valence-corrected chi connectivity index (χ3v) is 4.52. The number of ether oxygens (including phenoxy) is 1. The van der Waals surface area contributed by atoms with Crippen LogP contribution in [0.2, 0.25) is 0 Å². The van der Waals surface area contributed by atoms with Gasteiger partial charge in [0.15, 0.2) is 0 Å². The van der Waals surface area contributed by atoms with E-state index in [-0.39, 0.29) is 6.10 Å². The molecule has 3 atom stereocenters. The van der Waals surface area contributed by atoms with Gasteiger partial charge in [0, 0.05) is 12.6 Å². The lowest BCUT2D eigenvalue weighted by atomic mass is 9.97. The van der Waals surface area contributed by atoms with Crippen LogP contribution in [0.4, 0.5) is 0 Å². The van der Waals surface area contributed by atoms with Crippen molar-refractivity contribution in [3.63, 3.8) is 0 Å². The molecule has 0 radical (unpaired) electrons. The van der Waals surface area contributed by atoms with Gasteiger partial charge in [0.1, 0.15) is 0 Å². The minimum absolute atomic E-state index is 0.253. The fourth-order valence-corrected chi connectivity index (χ4v) is 3.35. The van der Waals surface area contributed by atoms with Gasteiger partial charge >= 0.3 is 0 Å². The number of benzene rings is 1. The molecule has 0 saturated heterocycles. The molecule has 1 fully saturated rings. The van der Waals surface area contributed by atoms with Crippen LogP contribution in [-0.4, -0.2) is 19.2 Å². The zero-order valence-electron chi connectivity index (χ0n) is 11.2. The van der Waals surface area contributed by atoms with Gasteiger partial charge in [0.25, 0.3) is 0 Å². The summed E-state index contributed by atoms with van der Waals surface area (Å²) in [6.07, 6.45) is 5.39. The Hall–Kier alpha value is -0.860. The first-order valence-corrected chi connectivity index (χ1v) is 7.27. The van der Waals surface area contributed by atoms with E-state index in [2.05, 4.69) is 36.5 Å². The first-order valence-electron chi connectivity index (χ1n) is 7.27. The molecule has 0 bridgehead atoms. The molecule has 1 aliphatic heterocycles. The van der Waals surface area contributed by atoms with E-state index < -0.39 is 0 Å². The van der Waals surface area contributed by atoms with Crippen molar-refractivity contribution in [2.45, 2.75) is 44.8 Å². The molecule has 0 amide bonds. The lowest BCUT2D eigenvalue weighted by Crippen LogP contribution is -2.36. The van der Waals surface area contributed by atoms with Crippen molar-refractivity contribution >= 4 is 0 Å². The molecule has 1 aromatic carbocycles. The van der Waals surface area contributed by atoms with E-state index in [9.17, 15) is 0 Å². The summed E-state index contributed by atoms with van der Waals surface area (Å²) in [4.78, 5) is 0. The molecular formula is C16H23NO. The molecule has 2 heteroatoms. The normalized spacial score (nSPS) is 31.3. The van der Waals surface area contributed by atoms with Crippen molar-refractivity contribution in [1.82, 2.24) is 5.32 Å². The Morgan fingerprint density at radius 2 is 2.17 bits per heavy atom. The first-order chi connectivity index (χ1) is 8.84. The zero-order valence-corrected chi connectivity index (χ0v) is 11.2. The maximum Gasteiger partial charge on any atom is 0.0952 e. The third-order valence-electron chi connectivity index (χ3n) is 4.52. The molecule has 3 rings (SSSR count). The van der Waals surface area contributed by atoms with E-state index in [1.165, 1.54) is 30.4 Å². The summed E-state index contributed by atoms with van der Waals surface area (Å²) in [5, 5.41) is 3.72. The van der Waals surface area contributed by atoms with Crippen LogP contribution < -0.4 is 5.32 Å². The Balaban J connectivity index is 1.64. The van der Waals surface area contributed by atoms with Gasteiger partial charge in [0.2, 0.25) is 0 Å². The lowest BCUT2D eigenvalue weighted by molar-refractivity contribution is 0.0399. The summed E-state index contributed by atoms with van der Waals surface area (Å²) in [5.74, 6) is 0.823. The van der Waals surface area contributed by atoms with Crippen LogP contribution in [0.5, 0.6) is 0 Å². The molecule has 3 unspecified atom stereocenters. The minimum atomic E-state index is 0.253. The van der Waals surface area contributed by atoms with Gasteiger partial charge in [0.05, 0.1) is 12.7 Å². The van der Waals surface area contributed by atoms with Gasteiger partial charge < -0.3 is 10.1 Å². The van der Waals surface area contributed by atoms with Crippen molar-refractivity contribution in [2.75, 3.05) is 13.2 Å². The predicted molar refractivity (Wildman–Crippen MR) is 73.6 cm³/mol. The lowest BCUT2D eigenvalue weighted by Gasteiger charge is -2.28. The summed E-state index contributed by atoms with van der Waals surface area (Å²) < 4.78 is 5.94. The summed E-state index contributed by atoms with van der Waals surface area (Å²) in [7, 11) is 0. The van der Waals surface area contributed by atoms with Crippen LogP contribution in [0.3, 0.4) is 0 Å². The Morgan fingerprint density at radius 3 is 3.00 bits per heavy atom. The van der Waals surface area contributed by atoms with E-state index in [0.717, 1.165) is 25.5 Å². The number of nitrogens with one attached hydrogen (secondary N) is 1. The highest BCUT2D eigenvalue weighted by Crippen LogP contribution is 2.28. The highest BCUT2D eigenvalue weighted by atomic mass is 16.5. The molecule has 98 valence electrons. The second kappa shape index (κ2) is 5.41. The molecule has 1 N–H and O–H groups in total. The fraction of sp³-hybridized carbons (Fsp3) is 0.625. The monoisotopic (exact) mass is 245 g/mol. The maximum atomic E-state index is 5.94. The van der Waals surface area contributed by atoms with Gasteiger partial charge in [-0.3, -0.25) is 0 Å². The smallest absolute Gasteiger partial charge is 0.0952 e. The Labute approximate surface area is 110 Å². The standard InChI is InChI=1S/C16H23NO/c1-12-5-4-8-15(12)17-11-16-14-7-3-2-6-13(14)9-10-18-16/h2-3,6-7,12,15-17H,4-5,8-11H2,1H3. The van der Waals surface area contributed by atoms with Crippen LogP contribution in [-0.2, 0) is 11.2 Å². The quantitative estimate of drug-likeness (QED) is 0.883. The summed E-state index contributed by atoms with van der Waals surface area (Å²) >= 11 is 0. The van der Waals surface area contributed by atoms with Crippen molar-refractivity contribution in [3.8, 4) is 0 Å². The van der Waals surface area contributed by atoms with E-state index in [1.54, 1.807) is 0 Å². The SMILES string of the molecule is CC1CCCC1NCC1OCCc2ccccc21. The summed E-state index contributed by atoms with van der Waals surface area (Å²) in [6, 6.07) is 9.41. The van der Waals surface area contributed by atoms with Crippen molar-refractivity contribution in [2.24, 2.45) is 5.92 Å². The van der Waals surface area contributed by atoms with Gasteiger partial charge in [-0.2, -0.15) is 0 Å². The van der Waals surface area contributed by atoms with Gasteiger partial charge in [-0.05, 0) is 36.3 Å². The molecule has 2 nitrogen and oxygen atoms in total. The second-order valence-electron chi connectivity index (χ2n) is 5.73. The third kappa shape index (κ3) is 2.45. The second-order valence-corrected chi connectivity index (χ2v) is 5.73. The van der Waals surface area contributed by atoms with E-state index >= 15 is 0 Å². The highest BCUT2D eigenvalue weighted by molar-refractivity contribution is 5.31. The molecular weight excluding hydrogens is 222 g/mol. The van der Waals surface area contributed by atoms with Crippen molar-refractivity contribution in [3.05, 3.63) is 35.4 Å². The molecule has 1 aliphatic carbocycles. The van der Waals surface area contributed by atoms with Gasteiger partial charge in [-0.1, -0.05) is 37.6 Å². The van der Waals surface area contributed by atoms with Crippen molar-refractivity contribution in [1.29, 1.82) is 0 Å². The largest absolute Gasteiger partial charge is 0.372 e. The molecule has 1 saturated carbocycles. The number of hydrogen-bond donors (Lipinski definition) is 1. The summed E-state index contributed by atoms with van der Waals surface area (Å²) in [6.45, 7) is 4.19. The average Bonchev–Trinajstić information content (AvgIpc) is 2.82. The summed E-state index contributed by atoms with van der Waals surface area (Å²) in [5.41, 5.74) is 2.86. The molecule has 0 spiro atoms. The zero-order chi connectivity index (χ0) is 12.4. The number of rotatable bonds is 3. The van der Waals surface area contributed by atoms with Crippen LogP contribution in [0.15, 0.2) is 24.3 Å². The topological polar surface area (TPSA) is 21.3 Å². The Kier molecular flexibility index (Phi) is 3.67. The predicted octanol–water partition coefficient (Wildman–Crippen LogP) is 3.08. The molecule has 1 aromatic rings. The van der Waals surface area contributed by atoms with Gasteiger partial charge in [-0.15, -0.1) is 0 Å². The first kappa shape index (κ1) is 12.2. The van der Waals surface area contributed by atoms with Crippen LogP contribution in [0.25, 0.3) is 0 Å². The van der Waals surface area contributed by atoms with Gasteiger partial charge in [-0.25, -0.2) is 0 Å². The van der Waals surface area contributed by atoms with E-state index in [1.807, 2.05) is 0 Å². The fourth-order valence-electron chi connectivity index (χ4n) is 3.35. The molecule has 0 aromatic heterocycles. The van der Waals surface area contributed by atoms with Crippen LogP contribution >= 0.6 is 0 Å². The number of fused-ring (bicyclic) bond motifs is 1. The highest BCUT2D eigenvalue weighted by Gasteiger charge is 2.25. The number of hydrogen-bond acceptors (Lipinski definition) is 2. The van der Waals surface area contributed by atoms with E-state index in [4.69, 9.17) is 4.74 Å². The maximum absolute atomic E-state index is 5.94. The molecule has 18 heavy (non-hydrogen) atoms. The van der Waals surface area contributed by atoms with Crippen LogP contribution in [0, 0.1) is 5.92 Å². The average molecular weight is 245 g/mol. The van der Waals surface area contributed by atoms with E-state index in [0.29, 0.717) is 6.04 Å². The Morgan fingerprint density at radius 1 is 1.28 bits per heavy atom. The van der Waals surface area contributed by atoms with Crippen molar-refractivity contribution < 1.29 is 4.74 Å². The minimum Gasteiger partial charge on any atom is -0.372 e. The Bertz CT molecular complexity index is 404.